The second-order valence-electron chi connectivity index (χ2n) is 5.73. The van der Waals surface area contributed by atoms with Gasteiger partial charge in [-0.15, -0.1) is 0 Å². The van der Waals surface area contributed by atoms with Crippen molar-refractivity contribution in [1.29, 1.82) is 0 Å². The molecule has 122 valence electrons. The molecule has 0 aliphatic carbocycles. The molecule has 2 aromatic carbocycles. The van der Waals surface area contributed by atoms with E-state index >= 15 is 0 Å². The number of amides is 1. The topological polar surface area (TPSA) is 71.1 Å². The Morgan fingerprint density at radius 1 is 1.25 bits per heavy atom. The highest BCUT2D eigenvalue weighted by atomic mass is 19.1. The van der Waals surface area contributed by atoms with Crippen LogP contribution in [0.4, 0.5) is 4.39 Å². The van der Waals surface area contributed by atoms with E-state index in [-0.39, 0.29) is 17.8 Å². The van der Waals surface area contributed by atoms with Gasteiger partial charge in [-0.3, -0.25) is 4.79 Å². The number of likely N-dealkylation sites (tertiary alicyclic amines) is 1. The van der Waals surface area contributed by atoms with E-state index in [1.807, 2.05) is 0 Å². The number of benzene rings is 2. The molecule has 1 unspecified atom stereocenters. The van der Waals surface area contributed by atoms with Gasteiger partial charge < -0.3 is 9.64 Å². The Morgan fingerprint density at radius 2 is 2.12 bits per heavy atom. The molecule has 1 atom stereocenters. The highest BCUT2D eigenvalue weighted by Crippen LogP contribution is 2.22. The number of carbonyl (C=O) groups is 1. The fourth-order valence-electron chi connectivity index (χ4n) is 2.95. The minimum atomic E-state index is -0.337. The first-order valence-corrected chi connectivity index (χ1v) is 7.72. The average Bonchev–Trinajstić information content (AvgIpc) is 3.23. The quantitative estimate of drug-likeness (QED) is 0.802. The third-order valence-electron chi connectivity index (χ3n) is 4.11. The van der Waals surface area contributed by atoms with Gasteiger partial charge in [-0.2, -0.15) is 15.4 Å². The zero-order chi connectivity index (χ0) is 16.5. The summed E-state index contributed by atoms with van der Waals surface area (Å²) >= 11 is 0. The number of aromatic nitrogens is 3. The lowest BCUT2D eigenvalue weighted by Gasteiger charge is -2.17. The SMILES string of the molecule is O=C(c1cccc2n[nH]nc12)N1CCC(Oc2cccc(F)c2)C1. The normalized spacial score (nSPS) is 17.4. The van der Waals surface area contributed by atoms with Crippen LogP contribution >= 0.6 is 0 Å². The summed E-state index contributed by atoms with van der Waals surface area (Å²) in [7, 11) is 0. The molecule has 1 saturated heterocycles. The third kappa shape index (κ3) is 2.68. The molecule has 24 heavy (non-hydrogen) atoms. The second-order valence-corrected chi connectivity index (χ2v) is 5.73. The van der Waals surface area contributed by atoms with Gasteiger partial charge in [0.05, 0.1) is 12.1 Å². The van der Waals surface area contributed by atoms with Crippen molar-refractivity contribution in [2.75, 3.05) is 13.1 Å². The largest absolute Gasteiger partial charge is 0.488 e. The van der Waals surface area contributed by atoms with Gasteiger partial charge >= 0.3 is 0 Å². The lowest BCUT2D eigenvalue weighted by Crippen LogP contribution is -2.31. The maximum Gasteiger partial charge on any atom is 0.256 e. The van der Waals surface area contributed by atoms with Crippen molar-refractivity contribution >= 4 is 16.9 Å². The monoisotopic (exact) mass is 326 g/mol. The van der Waals surface area contributed by atoms with Crippen LogP contribution in [0.5, 0.6) is 5.75 Å². The van der Waals surface area contributed by atoms with Gasteiger partial charge in [0, 0.05) is 19.0 Å². The molecule has 1 fully saturated rings. The minimum Gasteiger partial charge on any atom is -0.488 e. The molecular formula is C17H15FN4O2. The van der Waals surface area contributed by atoms with Crippen LogP contribution in [0.2, 0.25) is 0 Å². The Morgan fingerprint density at radius 3 is 3.00 bits per heavy atom. The number of aromatic amines is 1. The number of nitrogens with zero attached hydrogens (tertiary/aromatic N) is 3. The highest BCUT2D eigenvalue weighted by molar-refractivity contribution is 6.04. The Labute approximate surface area is 137 Å². The molecule has 0 bridgehead atoms. The van der Waals surface area contributed by atoms with Crippen LogP contribution in [-0.4, -0.2) is 45.4 Å². The summed E-state index contributed by atoms with van der Waals surface area (Å²) < 4.78 is 19.0. The Balaban J connectivity index is 1.48. The molecule has 1 amide bonds. The molecule has 2 heterocycles. The number of hydrogen-bond acceptors (Lipinski definition) is 4. The molecule has 1 aromatic heterocycles. The zero-order valence-corrected chi connectivity index (χ0v) is 12.8. The smallest absolute Gasteiger partial charge is 0.256 e. The predicted molar refractivity (Wildman–Crippen MR) is 85.2 cm³/mol. The van der Waals surface area contributed by atoms with Gasteiger partial charge in [0.1, 0.15) is 28.7 Å². The van der Waals surface area contributed by atoms with E-state index in [1.165, 1.54) is 12.1 Å². The van der Waals surface area contributed by atoms with Crippen LogP contribution in [0, 0.1) is 5.82 Å². The summed E-state index contributed by atoms with van der Waals surface area (Å²) in [5.74, 6) is 0.0453. The molecule has 1 N–H and O–H groups in total. The molecule has 4 rings (SSSR count). The Kier molecular flexibility index (Phi) is 3.60. The Bertz CT molecular complexity index is 895. The average molecular weight is 326 g/mol. The van der Waals surface area contributed by atoms with E-state index in [4.69, 9.17) is 4.74 Å². The second kappa shape index (κ2) is 5.92. The summed E-state index contributed by atoms with van der Waals surface area (Å²) in [6.07, 6.45) is 0.559. The van der Waals surface area contributed by atoms with Gasteiger partial charge in [0.15, 0.2) is 0 Å². The standard InChI is InChI=1S/C17H15FN4O2/c18-11-3-1-4-12(9-11)24-13-7-8-22(10-13)17(23)14-5-2-6-15-16(14)20-21-19-15/h1-6,9,13H,7-8,10H2,(H,19,20,21). The summed E-state index contributed by atoms with van der Waals surface area (Å²) in [5, 5.41) is 10.6. The summed E-state index contributed by atoms with van der Waals surface area (Å²) in [5.41, 5.74) is 1.75. The van der Waals surface area contributed by atoms with Crippen LogP contribution < -0.4 is 4.74 Å². The van der Waals surface area contributed by atoms with Crippen molar-refractivity contribution in [1.82, 2.24) is 20.3 Å². The van der Waals surface area contributed by atoms with E-state index in [0.717, 1.165) is 0 Å². The molecule has 0 radical (unpaired) electrons. The van der Waals surface area contributed by atoms with Crippen molar-refractivity contribution in [3.63, 3.8) is 0 Å². The van der Waals surface area contributed by atoms with Gasteiger partial charge in [0.25, 0.3) is 5.91 Å². The summed E-state index contributed by atoms with van der Waals surface area (Å²) in [6.45, 7) is 1.05. The zero-order valence-electron chi connectivity index (χ0n) is 12.8. The fourth-order valence-corrected chi connectivity index (χ4v) is 2.95. The molecule has 0 saturated carbocycles. The van der Waals surface area contributed by atoms with Crippen molar-refractivity contribution in [3.05, 3.63) is 53.8 Å². The number of rotatable bonds is 3. The van der Waals surface area contributed by atoms with Crippen LogP contribution in [0.15, 0.2) is 42.5 Å². The highest BCUT2D eigenvalue weighted by Gasteiger charge is 2.29. The first-order chi connectivity index (χ1) is 11.7. The number of H-pyrrole nitrogens is 1. The van der Waals surface area contributed by atoms with Crippen molar-refractivity contribution in [3.8, 4) is 5.75 Å². The van der Waals surface area contributed by atoms with E-state index in [2.05, 4.69) is 15.4 Å². The first-order valence-electron chi connectivity index (χ1n) is 7.72. The Hall–Kier alpha value is -2.96. The van der Waals surface area contributed by atoms with Crippen LogP contribution in [-0.2, 0) is 0 Å². The third-order valence-corrected chi connectivity index (χ3v) is 4.11. The van der Waals surface area contributed by atoms with Gasteiger partial charge in [0.2, 0.25) is 0 Å². The van der Waals surface area contributed by atoms with Gasteiger partial charge in [-0.1, -0.05) is 12.1 Å². The number of fused-ring (bicyclic) bond motifs is 1. The maximum absolute atomic E-state index is 13.2. The molecule has 3 aromatic rings. The number of nitrogens with one attached hydrogen (secondary N) is 1. The molecule has 6 nitrogen and oxygen atoms in total. The minimum absolute atomic E-state index is 0.0974. The number of ether oxygens (including phenoxy) is 1. The van der Waals surface area contributed by atoms with E-state index in [1.54, 1.807) is 35.2 Å². The molecule has 0 spiro atoms. The van der Waals surface area contributed by atoms with Crippen molar-refractivity contribution < 1.29 is 13.9 Å². The van der Waals surface area contributed by atoms with E-state index in [0.29, 0.717) is 41.9 Å². The van der Waals surface area contributed by atoms with Crippen LogP contribution in [0.3, 0.4) is 0 Å². The fraction of sp³-hybridized carbons (Fsp3) is 0.235. The van der Waals surface area contributed by atoms with E-state index in [9.17, 15) is 9.18 Å². The first kappa shape index (κ1) is 14.6. The molecule has 7 heteroatoms. The van der Waals surface area contributed by atoms with Crippen LogP contribution in [0.25, 0.3) is 11.0 Å². The van der Waals surface area contributed by atoms with Gasteiger partial charge in [-0.05, 0) is 24.3 Å². The molecule has 1 aliphatic rings. The number of para-hydroxylation sites is 1. The van der Waals surface area contributed by atoms with Crippen LogP contribution in [0.1, 0.15) is 16.8 Å². The van der Waals surface area contributed by atoms with Crippen molar-refractivity contribution in [2.24, 2.45) is 0 Å². The lowest BCUT2D eigenvalue weighted by atomic mass is 10.1. The summed E-state index contributed by atoms with van der Waals surface area (Å²) in [6, 6.07) is 11.4. The predicted octanol–water partition coefficient (Wildman–Crippen LogP) is 2.39. The maximum atomic E-state index is 13.2. The van der Waals surface area contributed by atoms with Crippen molar-refractivity contribution in [2.45, 2.75) is 12.5 Å². The number of carbonyl (C=O) groups excluding carboxylic acids is 1. The van der Waals surface area contributed by atoms with Gasteiger partial charge in [-0.25, -0.2) is 4.39 Å². The number of halogens is 1. The van der Waals surface area contributed by atoms with E-state index < -0.39 is 0 Å². The summed E-state index contributed by atoms with van der Waals surface area (Å²) in [4.78, 5) is 14.5. The lowest BCUT2D eigenvalue weighted by molar-refractivity contribution is 0.0774. The molecular weight excluding hydrogens is 311 g/mol. The molecule has 1 aliphatic heterocycles. The number of hydrogen-bond donors (Lipinski definition) is 1.